The highest BCUT2D eigenvalue weighted by Crippen LogP contribution is 2.24. The van der Waals surface area contributed by atoms with Gasteiger partial charge in [0, 0.05) is 26.2 Å². The molecule has 0 bridgehead atoms. The number of rotatable bonds is 2. The molecular weight excluding hydrogens is 264 g/mol. The summed E-state index contributed by atoms with van der Waals surface area (Å²) >= 11 is 4.94. The van der Waals surface area contributed by atoms with Crippen LogP contribution in [0.25, 0.3) is 0 Å². The molecule has 1 aromatic heterocycles. The molecule has 0 unspecified atom stereocenters. The Morgan fingerprint density at radius 1 is 1.29 bits per heavy atom. The molecular formula is C8H13BrN4S. The Morgan fingerprint density at radius 3 is 2.50 bits per heavy atom. The van der Waals surface area contributed by atoms with Crippen LogP contribution in [0.4, 0.5) is 5.13 Å². The molecule has 0 aliphatic carbocycles. The molecule has 14 heavy (non-hydrogen) atoms. The Labute approximate surface area is 96.1 Å². The Morgan fingerprint density at radius 2 is 2.00 bits per heavy atom. The van der Waals surface area contributed by atoms with Gasteiger partial charge in [-0.3, -0.25) is 0 Å². The summed E-state index contributed by atoms with van der Waals surface area (Å²) in [6.07, 6.45) is 0. The van der Waals surface area contributed by atoms with Crippen LogP contribution in [0.1, 0.15) is 6.92 Å². The van der Waals surface area contributed by atoms with E-state index in [-0.39, 0.29) is 0 Å². The molecule has 1 aliphatic rings. The highest BCUT2D eigenvalue weighted by molar-refractivity contribution is 9.11. The smallest absolute Gasteiger partial charge is 0.209 e. The topological polar surface area (TPSA) is 32.3 Å². The van der Waals surface area contributed by atoms with Crippen molar-refractivity contribution in [2.24, 2.45) is 0 Å². The van der Waals surface area contributed by atoms with Gasteiger partial charge in [-0.15, -0.1) is 10.2 Å². The minimum absolute atomic E-state index is 0.866. The van der Waals surface area contributed by atoms with Crippen molar-refractivity contribution >= 4 is 32.4 Å². The Bertz CT molecular complexity index is 295. The van der Waals surface area contributed by atoms with Crippen molar-refractivity contribution in [2.45, 2.75) is 6.92 Å². The van der Waals surface area contributed by atoms with E-state index in [2.05, 4.69) is 42.9 Å². The van der Waals surface area contributed by atoms with Crippen LogP contribution in [0.3, 0.4) is 0 Å². The average Bonchev–Trinajstić information content (AvgIpc) is 2.65. The third-order valence-electron chi connectivity index (χ3n) is 2.48. The largest absolute Gasteiger partial charge is 0.344 e. The fraction of sp³-hybridized carbons (Fsp3) is 0.750. The summed E-state index contributed by atoms with van der Waals surface area (Å²) in [4.78, 5) is 4.75. The Hall–Kier alpha value is -0.200. The first kappa shape index (κ1) is 10.3. The molecule has 0 saturated carbocycles. The van der Waals surface area contributed by atoms with Gasteiger partial charge >= 0.3 is 0 Å². The van der Waals surface area contributed by atoms with Gasteiger partial charge < -0.3 is 9.80 Å². The van der Waals surface area contributed by atoms with Crippen molar-refractivity contribution in [1.29, 1.82) is 0 Å². The molecule has 0 atom stereocenters. The van der Waals surface area contributed by atoms with Crippen molar-refractivity contribution in [3.63, 3.8) is 0 Å². The van der Waals surface area contributed by atoms with Crippen LogP contribution in [0.15, 0.2) is 3.92 Å². The van der Waals surface area contributed by atoms with Crippen LogP contribution in [-0.4, -0.2) is 47.8 Å². The van der Waals surface area contributed by atoms with Crippen molar-refractivity contribution in [3.8, 4) is 0 Å². The summed E-state index contributed by atoms with van der Waals surface area (Å²) in [6, 6.07) is 0. The van der Waals surface area contributed by atoms with E-state index >= 15 is 0 Å². The van der Waals surface area contributed by atoms with Gasteiger partial charge in [-0.05, 0) is 22.5 Å². The van der Waals surface area contributed by atoms with Gasteiger partial charge in [0.2, 0.25) is 5.13 Å². The lowest BCUT2D eigenvalue weighted by Gasteiger charge is -2.33. The highest BCUT2D eigenvalue weighted by Gasteiger charge is 2.18. The van der Waals surface area contributed by atoms with Gasteiger partial charge in [-0.25, -0.2) is 0 Å². The van der Waals surface area contributed by atoms with E-state index in [0.29, 0.717) is 0 Å². The van der Waals surface area contributed by atoms with Crippen molar-refractivity contribution in [3.05, 3.63) is 3.92 Å². The first-order chi connectivity index (χ1) is 6.79. The van der Waals surface area contributed by atoms with Crippen LogP contribution in [0, 0.1) is 0 Å². The van der Waals surface area contributed by atoms with Gasteiger partial charge in [-0.2, -0.15) is 0 Å². The predicted molar refractivity (Wildman–Crippen MR) is 61.9 cm³/mol. The predicted octanol–water partition coefficient (Wildman–Crippen LogP) is 1.44. The molecule has 0 amide bonds. The van der Waals surface area contributed by atoms with Gasteiger partial charge in [0.1, 0.15) is 0 Å². The maximum atomic E-state index is 4.12. The number of likely N-dealkylation sites (N-methyl/N-ethyl adjacent to an activating group) is 1. The number of halogens is 1. The van der Waals surface area contributed by atoms with Crippen LogP contribution < -0.4 is 4.90 Å². The lowest BCUT2D eigenvalue weighted by atomic mass is 10.3. The summed E-state index contributed by atoms with van der Waals surface area (Å²) in [7, 11) is 0. The van der Waals surface area contributed by atoms with Gasteiger partial charge in [-0.1, -0.05) is 18.3 Å². The van der Waals surface area contributed by atoms with Crippen LogP contribution in [0.2, 0.25) is 0 Å². The lowest BCUT2D eigenvalue weighted by Crippen LogP contribution is -2.46. The Kier molecular flexibility index (Phi) is 3.35. The standard InChI is InChI=1S/C8H13BrN4S/c1-2-12-3-5-13(6-4-12)8-11-10-7(9)14-8/h2-6H2,1H3. The minimum atomic E-state index is 0.866. The Balaban J connectivity index is 1.95. The number of piperazine rings is 1. The molecule has 0 radical (unpaired) electrons. The summed E-state index contributed by atoms with van der Waals surface area (Å²) in [5.74, 6) is 0. The first-order valence-electron chi connectivity index (χ1n) is 4.76. The molecule has 0 spiro atoms. The summed E-state index contributed by atoms with van der Waals surface area (Å²) in [6.45, 7) is 7.75. The zero-order valence-electron chi connectivity index (χ0n) is 8.11. The molecule has 2 heterocycles. The second-order valence-electron chi connectivity index (χ2n) is 3.26. The van der Waals surface area contributed by atoms with Crippen LogP contribution in [-0.2, 0) is 0 Å². The fourth-order valence-electron chi connectivity index (χ4n) is 1.58. The number of hydrogen-bond donors (Lipinski definition) is 0. The van der Waals surface area contributed by atoms with E-state index in [1.165, 1.54) is 0 Å². The second kappa shape index (κ2) is 4.55. The summed E-state index contributed by atoms with van der Waals surface area (Å²) in [5, 5.41) is 9.12. The van der Waals surface area contributed by atoms with E-state index in [1.54, 1.807) is 11.3 Å². The van der Waals surface area contributed by atoms with E-state index in [4.69, 9.17) is 0 Å². The molecule has 1 aromatic rings. The molecule has 6 heteroatoms. The van der Waals surface area contributed by atoms with Crippen LogP contribution in [0.5, 0.6) is 0 Å². The van der Waals surface area contributed by atoms with Gasteiger partial charge in [0.25, 0.3) is 0 Å². The number of nitrogens with zero attached hydrogens (tertiary/aromatic N) is 4. The minimum Gasteiger partial charge on any atom is -0.344 e. The van der Waals surface area contributed by atoms with Gasteiger partial charge in [0.15, 0.2) is 3.92 Å². The average molecular weight is 277 g/mol. The van der Waals surface area contributed by atoms with Crippen molar-refractivity contribution in [1.82, 2.24) is 15.1 Å². The molecule has 2 rings (SSSR count). The molecule has 1 aliphatic heterocycles. The third kappa shape index (κ3) is 2.24. The van der Waals surface area contributed by atoms with E-state index < -0.39 is 0 Å². The molecule has 0 aromatic carbocycles. The summed E-state index contributed by atoms with van der Waals surface area (Å²) < 4.78 is 0.866. The number of anilines is 1. The summed E-state index contributed by atoms with van der Waals surface area (Å²) in [5.41, 5.74) is 0. The molecule has 1 fully saturated rings. The SMILES string of the molecule is CCN1CCN(c2nnc(Br)s2)CC1. The van der Waals surface area contributed by atoms with E-state index in [9.17, 15) is 0 Å². The monoisotopic (exact) mass is 276 g/mol. The molecule has 1 saturated heterocycles. The van der Waals surface area contributed by atoms with Crippen molar-refractivity contribution < 1.29 is 0 Å². The van der Waals surface area contributed by atoms with Gasteiger partial charge in [0.05, 0.1) is 0 Å². The molecule has 78 valence electrons. The molecule has 0 N–H and O–H groups in total. The first-order valence-corrected chi connectivity index (χ1v) is 6.37. The quantitative estimate of drug-likeness (QED) is 0.819. The highest BCUT2D eigenvalue weighted by atomic mass is 79.9. The van der Waals surface area contributed by atoms with E-state index in [1.807, 2.05) is 0 Å². The van der Waals surface area contributed by atoms with Crippen molar-refractivity contribution in [2.75, 3.05) is 37.6 Å². The maximum Gasteiger partial charge on any atom is 0.209 e. The van der Waals surface area contributed by atoms with E-state index in [0.717, 1.165) is 41.8 Å². The fourth-order valence-corrected chi connectivity index (χ4v) is 2.72. The normalized spacial score (nSPS) is 18.9. The number of aromatic nitrogens is 2. The lowest BCUT2D eigenvalue weighted by molar-refractivity contribution is 0.271. The third-order valence-corrected chi connectivity index (χ3v) is 3.90. The number of hydrogen-bond acceptors (Lipinski definition) is 5. The molecule has 4 nitrogen and oxygen atoms in total. The second-order valence-corrected chi connectivity index (χ2v) is 5.49. The zero-order valence-corrected chi connectivity index (χ0v) is 10.5. The van der Waals surface area contributed by atoms with Crippen LogP contribution >= 0.6 is 27.3 Å². The maximum absolute atomic E-state index is 4.12. The zero-order chi connectivity index (χ0) is 9.97.